The Morgan fingerprint density at radius 3 is 2.70 bits per heavy atom. The number of carbonyl (C=O) groups excluding carboxylic acids is 1. The first-order valence-electron chi connectivity index (χ1n) is 8.23. The maximum absolute atomic E-state index is 13.4. The molecule has 1 amide bonds. The highest BCUT2D eigenvalue weighted by Crippen LogP contribution is 2.35. The number of rotatable bonds is 3. The van der Waals surface area contributed by atoms with Crippen LogP contribution in [0.25, 0.3) is 0 Å². The Balaban J connectivity index is 1.77. The lowest BCUT2D eigenvalue weighted by atomic mass is 9.95. The third-order valence-electron chi connectivity index (χ3n) is 4.35. The fourth-order valence-corrected chi connectivity index (χ4v) is 3.27. The van der Waals surface area contributed by atoms with Crippen LogP contribution in [0.3, 0.4) is 0 Å². The van der Waals surface area contributed by atoms with E-state index in [9.17, 15) is 9.18 Å². The Kier molecular flexibility index (Phi) is 4.37. The molecule has 2 N–H and O–H groups in total. The average molecular weight is 384 g/mol. The van der Waals surface area contributed by atoms with Gasteiger partial charge in [0.25, 0.3) is 5.91 Å². The van der Waals surface area contributed by atoms with E-state index in [1.165, 1.54) is 18.5 Å². The standard InChI is InChI=1S/C19H15ClFN5O/c1-11-16(18(27)25-15-5-3-2-4-14(15)20)17(12-6-8-13(21)9-7-12)26-19(24-11)22-10-23-26/h2-10,17H,1H3,(H,25,27)(H,22,23,24). The van der Waals surface area contributed by atoms with Crippen molar-refractivity contribution in [1.29, 1.82) is 0 Å². The van der Waals surface area contributed by atoms with E-state index in [4.69, 9.17) is 11.6 Å². The number of halogens is 2. The number of nitrogens with zero attached hydrogens (tertiary/aromatic N) is 3. The lowest BCUT2D eigenvalue weighted by Gasteiger charge is -2.28. The summed E-state index contributed by atoms with van der Waals surface area (Å²) in [5.41, 5.74) is 2.30. The number of anilines is 2. The zero-order valence-electron chi connectivity index (χ0n) is 14.3. The molecule has 0 radical (unpaired) electrons. The van der Waals surface area contributed by atoms with Gasteiger partial charge in [-0.3, -0.25) is 4.79 Å². The minimum absolute atomic E-state index is 0.330. The predicted octanol–water partition coefficient (Wildman–Crippen LogP) is 4.00. The Morgan fingerprint density at radius 2 is 1.96 bits per heavy atom. The van der Waals surface area contributed by atoms with E-state index in [0.29, 0.717) is 33.5 Å². The van der Waals surface area contributed by atoms with Gasteiger partial charge in [0, 0.05) is 5.70 Å². The maximum atomic E-state index is 13.4. The molecule has 1 aromatic heterocycles. The molecule has 0 spiro atoms. The molecule has 1 aliphatic rings. The third-order valence-corrected chi connectivity index (χ3v) is 4.68. The van der Waals surface area contributed by atoms with Crippen LogP contribution in [0, 0.1) is 5.82 Å². The van der Waals surface area contributed by atoms with Crippen molar-refractivity contribution in [3.8, 4) is 0 Å². The quantitative estimate of drug-likeness (QED) is 0.717. The molecule has 2 aromatic carbocycles. The molecule has 0 saturated carbocycles. The van der Waals surface area contributed by atoms with E-state index in [0.717, 1.165) is 0 Å². The van der Waals surface area contributed by atoms with Crippen molar-refractivity contribution in [3.63, 3.8) is 0 Å². The number of hydrogen-bond acceptors (Lipinski definition) is 4. The number of hydrogen-bond donors (Lipinski definition) is 2. The average Bonchev–Trinajstić information content (AvgIpc) is 3.11. The summed E-state index contributed by atoms with van der Waals surface area (Å²) < 4.78 is 15.0. The number of allylic oxidation sites excluding steroid dienone is 1. The van der Waals surface area contributed by atoms with E-state index in [-0.39, 0.29) is 11.7 Å². The first-order chi connectivity index (χ1) is 13.0. The van der Waals surface area contributed by atoms with Crippen LogP contribution in [0.5, 0.6) is 0 Å². The van der Waals surface area contributed by atoms with Crippen LogP contribution < -0.4 is 10.6 Å². The van der Waals surface area contributed by atoms with Gasteiger partial charge in [-0.1, -0.05) is 35.9 Å². The third kappa shape index (κ3) is 3.17. The molecule has 0 bridgehead atoms. The first kappa shape index (κ1) is 17.2. The van der Waals surface area contributed by atoms with Crippen LogP contribution in [0.4, 0.5) is 16.0 Å². The second kappa shape index (κ2) is 6.85. The van der Waals surface area contributed by atoms with E-state index in [2.05, 4.69) is 20.7 Å². The van der Waals surface area contributed by atoms with Crippen LogP contribution in [-0.2, 0) is 4.79 Å². The molecular formula is C19H15ClFN5O. The highest BCUT2D eigenvalue weighted by atomic mass is 35.5. The summed E-state index contributed by atoms with van der Waals surface area (Å²) in [6.07, 6.45) is 1.40. The van der Waals surface area contributed by atoms with Crippen LogP contribution in [0.15, 0.2) is 66.1 Å². The number of nitrogens with one attached hydrogen (secondary N) is 2. The van der Waals surface area contributed by atoms with Crippen LogP contribution in [0.1, 0.15) is 18.5 Å². The van der Waals surface area contributed by atoms with Gasteiger partial charge in [0.2, 0.25) is 5.95 Å². The molecule has 1 aliphatic heterocycles. The van der Waals surface area contributed by atoms with E-state index in [1.54, 1.807) is 48.0 Å². The largest absolute Gasteiger partial charge is 0.328 e. The highest BCUT2D eigenvalue weighted by molar-refractivity contribution is 6.33. The molecule has 0 saturated heterocycles. The molecule has 136 valence electrons. The molecule has 27 heavy (non-hydrogen) atoms. The minimum atomic E-state index is -0.549. The summed E-state index contributed by atoms with van der Waals surface area (Å²) in [6.45, 7) is 1.79. The Labute approximate surface area is 159 Å². The van der Waals surface area contributed by atoms with Crippen molar-refractivity contribution < 1.29 is 9.18 Å². The van der Waals surface area contributed by atoms with Gasteiger partial charge in [0.15, 0.2) is 0 Å². The van der Waals surface area contributed by atoms with Gasteiger partial charge < -0.3 is 10.6 Å². The van der Waals surface area contributed by atoms with Gasteiger partial charge in [-0.2, -0.15) is 10.1 Å². The number of benzene rings is 2. The van der Waals surface area contributed by atoms with Gasteiger partial charge in [-0.05, 0) is 36.8 Å². The summed E-state index contributed by atoms with van der Waals surface area (Å²) in [5, 5.41) is 10.6. The van der Waals surface area contributed by atoms with Crippen molar-refractivity contribution in [2.75, 3.05) is 10.6 Å². The number of aromatic nitrogens is 3. The number of amides is 1. The molecule has 0 fully saturated rings. The summed E-state index contributed by atoms with van der Waals surface area (Å²) in [7, 11) is 0. The van der Waals surface area contributed by atoms with Gasteiger partial charge in [-0.15, -0.1) is 0 Å². The van der Waals surface area contributed by atoms with Crippen LogP contribution in [0.2, 0.25) is 5.02 Å². The zero-order chi connectivity index (χ0) is 19.0. The predicted molar refractivity (Wildman–Crippen MR) is 101 cm³/mol. The molecule has 6 nitrogen and oxygen atoms in total. The second-order valence-corrected chi connectivity index (χ2v) is 6.49. The van der Waals surface area contributed by atoms with Gasteiger partial charge >= 0.3 is 0 Å². The van der Waals surface area contributed by atoms with Crippen molar-refractivity contribution in [2.45, 2.75) is 13.0 Å². The second-order valence-electron chi connectivity index (χ2n) is 6.08. The maximum Gasteiger partial charge on any atom is 0.255 e. The van der Waals surface area contributed by atoms with Crippen molar-refractivity contribution in [3.05, 3.63) is 82.5 Å². The number of para-hydroxylation sites is 1. The Morgan fingerprint density at radius 1 is 1.22 bits per heavy atom. The van der Waals surface area contributed by atoms with E-state index in [1.807, 2.05) is 0 Å². The normalized spacial score (nSPS) is 15.9. The fraction of sp³-hybridized carbons (Fsp3) is 0.105. The van der Waals surface area contributed by atoms with Crippen molar-refractivity contribution >= 4 is 29.1 Å². The van der Waals surface area contributed by atoms with Gasteiger partial charge in [0.05, 0.1) is 16.3 Å². The summed E-state index contributed by atoms with van der Waals surface area (Å²) in [6, 6.07) is 12.4. The SMILES string of the molecule is CC1=C(C(=O)Nc2ccccc2Cl)C(c2ccc(F)cc2)n2ncnc2N1. The summed E-state index contributed by atoms with van der Waals surface area (Å²) in [4.78, 5) is 17.3. The van der Waals surface area contributed by atoms with E-state index >= 15 is 0 Å². The van der Waals surface area contributed by atoms with Crippen molar-refractivity contribution in [1.82, 2.24) is 14.8 Å². The topological polar surface area (TPSA) is 71.8 Å². The van der Waals surface area contributed by atoms with Crippen molar-refractivity contribution in [2.24, 2.45) is 0 Å². The molecule has 1 atom stereocenters. The molecule has 2 heterocycles. The minimum Gasteiger partial charge on any atom is -0.328 e. The van der Waals surface area contributed by atoms with Gasteiger partial charge in [0.1, 0.15) is 18.2 Å². The molecule has 0 aliphatic carbocycles. The summed E-state index contributed by atoms with van der Waals surface area (Å²) >= 11 is 6.16. The van der Waals surface area contributed by atoms with Gasteiger partial charge in [-0.25, -0.2) is 9.07 Å². The Bertz CT molecular complexity index is 1040. The van der Waals surface area contributed by atoms with Crippen LogP contribution in [-0.4, -0.2) is 20.7 Å². The Hall–Kier alpha value is -3.19. The smallest absolute Gasteiger partial charge is 0.255 e. The monoisotopic (exact) mass is 383 g/mol. The van der Waals surface area contributed by atoms with E-state index < -0.39 is 6.04 Å². The summed E-state index contributed by atoms with van der Waals surface area (Å²) in [5.74, 6) is -0.172. The lowest BCUT2D eigenvalue weighted by molar-refractivity contribution is -0.113. The molecule has 8 heteroatoms. The molecular weight excluding hydrogens is 369 g/mol. The van der Waals surface area contributed by atoms with Crippen LogP contribution >= 0.6 is 11.6 Å². The molecule has 4 rings (SSSR count). The fourth-order valence-electron chi connectivity index (χ4n) is 3.09. The lowest BCUT2D eigenvalue weighted by Crippen LogP contribution is -2.31. The highest BCUT2D eigenvalue weighted by Gasteiger charge is 2.33. The first-order valence-corrected chi connectivity index (χ1v) is 8.61. The zero-order valence-corrected chi connectivity index (χ0v) is 15.0. The molecule has 3 aromatic rings. The number of fused-ring (bicyclic) bond motifs is 1. The number of carbonyl (C=O) groups is 1. The molecule has 1 unspecified atom stereocenters.